The quantitative estimate of drug-likeness (QED) is 0.654. The standard InChI is InChI=1S/C23H28N6O/c1-17-20(18(2)27(3)26-17)9-10-22(30)29-15-13-28(14-16-29)21-11-12-24-23(25-21)19-7-5-4-6-8-19/h4-8,11-12H,9-10,13-16H2,1-3H3. The second kappa shape index (κ2) is 8.65. The zero-order valence-corrected chi connectivity index (χ0v) is 17.9. The number of anilines is 1. The molecule has 0 aliphatic carbocycles. The summed E-state index contributed by atoms with van der Waals surface area (Å²) in [6.07, 6.45) is 3.08. The first-order valence-electron chi connectivity index (χ1n) is 10.4. The number of hydrogen-bond acceptors (Lipinski definition) is 5. The van der Waals surface area contributed by atoms with Gasteiger partial charge in [-0.15, -0.1) is 0 Å². The van der Waals surface area contributed by atoms with E-state index in [9.17, 15) is 4.79 Å². The first-order chi connectivity index (χ1) is 14.5. The van der Waals surface area contributed by atoms with Crippen molar-refractivity contribution in [2.75, 3.05) is 31.1 Å². The molecule has 0 saturated carbocycles. The first-order valence-corrected chi connectivity index (χ1v) is 10.4. The highest BCUT2D eigenvalue weighted by molar-refractivity contribution is 5.77. The van der Waals surface area contributed by atoms with Gasteiger partial charge >= 0.3 is 0 Å². The van der Waals surface area contributed by atoms with Gasteiger partial charge in [-0.25, -0.2) is 9.97 Å². The van der Waals surface area contributed by atoms with Crippen molar-refractivity contribution in [3.8, 4) is 11.4 Å². The van der Waals surface area contributed by atoms with Crippen molar-refractivity contribution in [3.05, 3.63) is 59.5 Å². The minimum absolute atomic E-state index is 0.213. The SMILES string of the molecule is Cc1nn(C)c(C)c1CCC(=O)N1CCN(c2ccnc(-c3ccccc3)n2)CC1. The molecular formula is C23H28N6O. The summed E-state index contributed by atoms with van der Waals surface area (Å²) in [6.45, 7) is 7.06. The molecule has 1 amide bonds. The molecule has 0 bridgehead atoms. The lowest BCUT2D eigenvalue weighted by atomic mass is 10.1. The van der Waals surface area contributed by atoms with Gasteiger partial charge in [0, 0.05) is 57.1 Å². The van der Waals surface area contributed by atoms with E-state index in [0.29, 0.717) is 19.5 Å². The fourth-order valence-corrected chi connectivity index (χ4v) is 4.01. The van der Waals surface area contributed by atoms with Crippen molar-refractivity contribution >= 4 is 11.7 Å². The smallest absolute Gasteiger partial charge is 0.223 e. The Balaban J connectivity index is 1.34. The van der Waals surface area contributed by atoms with Crippen molar-refractivity contribution < 1.29 is 4.79 Å². The van der Waals surface area contributed by atoms with Crippen LogP contribution in [0.1, 0.15) is 23.4 Å². The Labute approximate surface area is 177 Å². The Hall–Kier alpha value is -3.22. The third-order valence-electron chi connectivity index (χ3n) is 5.88. The van der Waals surface area contributed by atoms with Crippen molar-refractivity contribution in [2.45, 2.75) is 26.7 Å². The third kappa shape index (κ3) is 4.20. The van der Waals surface area contributed by atoms with Gasteiger partial charge in [-0.2, -0.15) is 5.10 Å². The van der Waals surface area contributed by atoms with Crippen LogP contribution in [0, 0.1) is 13.8 Å². The van der Waals surface area contributed by atoms with Gasteiger partial charge in [0.25, 0.3) is 0 Å². The van der Waals surface area contributed by atoms with Crippen LogP contribution in [-0.4, -0.2) is 56.7 Å². The lowest BCUT2D eigenvalue weighted by Gasteiger charge is -2.35. The number of aryl methyl sites for hydroxylation is 2. The van der Waals surface area contributed by atoms with Gasteiger partial charge in [0.05, 0.1) is 5.69 Å². The molecule has 1 saturated heterocycles. The lowest BCUT2D eigenvalue weighted by Crippen LogP contribution is -2.49. The minimum atomic E-state index is 0.213. The number of rotatable bonds is 5. The van der Waals surface area contributed by atoms with Gasteiger partial charge in [-0.1, -0.05) is 30.3 Å². The van der Waals surface area contributed by atoms with Crippen molar-refractivity contribution in [1.82, 2.24) is 24.6 Å². The molecule has 3 heterocycles. The van der Waals surface area contributed by atoms with Gasteiger partial charge in [-0.3, -0.25) is 9.48 Å². The Kier molecular flexibility index (Phi) is 5.79. The highest BCUT2D eigenvalue weighted by Gasteiger charge is 2.23. The van der Waals surface area contributed by atoms with Crippen LogP contribution in [0.5, 0.6) is 0 Å². The van der Waals surface area contributed by atoms with Gasteiger partial charge in [-0.05, 0) is 31.9 Å². The number of nitrogens with zero attached hydrogens (tertiary/aromatic N) is 6. The van der Waals surface area contributed by atoms with E-state index in [0.717, 1.165) is 48.1 Å². The van der Waals surface area contributed by atoms with Crippen LogP contribution < -0.4 is 4.90 Å². The van der Waals surface area contributed by atoms with Crippen molar-refractivity contribution in [3.63, 3.8) is 0 Å². The Morgan fingerprint density at radius 2 is 1.77 bits per heavy atom. The first kappa shape index (κ1) is 20.1. The number of aromatic nitrogens is 4. The van der Waals surface area contributed by atoms with Crippen molar-refractivity contribution in [1.29, 1.82) is 0 Å². The lowest BCUT2D eigenvalue weighted by molar-refractivity contribution is -0.131. The molecule has 4 rings (SSSR count). The average Bonchev–Trinajstić information content (AvgIpc) is 3.03. The Morgan fingerprint density at radius 3 is 2.43 bits per heavy atom. The van der Waals surface area contributed by atoms with Crippen molar-refractivity contribution in [2.24, 2.45) is 7.05 Å². The van der Waals surface area contributed by atoms with Gasteiger partial charge in [0.1, 0.15) is 5.82 Å². The van der Waals surface area contributed by atoms with Crippen LogP contribution in [0.4, 0.5) is 5.82 Å². The topological polar surface area (TPSA) is 67.2 Å². The summed E-state index contributed by atoms with van der Waals surface area (Å²) in [7, 11) is 1.95. The average molecular weight is 405 g/mol. The maximum Gasteiger partial charge on any atom is 0.223 e. The fraction of sp³-hybridized carbons (Fsp3) is 0.391. The highest BCUT2D eigenvalue weighted by atomic mass is 16.2. The third-order valence-corrected chi connectivity index (χ3v) is 5.88. The van der Waals surface area contributed by atoms with E-state index < -0.39 is 0 Å². The highest BCUT2D eigenvalue weighted by Crippen LogP contribution is 2.20. The molecule has 0 spiro atoms. The number of carbonyl (C=O) groups is 1. The molecular weight excluding hydrogens is 376 g/mol. The molecule has 3 aromatic rings. The number of hydrogen-bond donors (Lipinski definition) is 0. The summed E-state index contributed by atoms with van der Waals surface area (Å²) in [5, 5.41) is 4.45. The maximum atomic E-state index is 12.7. The van der Waals surface area contributed by atoms with Crippen LogP contribution in [0.2, 0.25) is 0 Å². The van der Waals surface area contributed by atoms with Crippen LogP contribution in [0.25, 0.3) is 11.4 Å². The van der Waals surface area contributed by atoms with E-state index in [1.165, 1.54) is 5.56 Å². The van der Waals surface area contributed by atoms with Gasteiger partial charge in [0.2, 0.25) is 5.91 Å². The van der Waals surface area contributed by atoms with Gasteiger partial charge in [0.15, 0.2) is 5.82 Å². The molecule has 0 radical (unpaired) electrons. The largest absolute Gasteiger partial charge is 0.353 e. The molecule has 0 N–H and O–H groups in total. The summed E-state index contributed by atoms with van der Waals surface area (Å²) in [6, 6.07) is 11.9. The second-order valence-corrected chi connectivity index (χ2v) is 7.75. The molecule has 1 fully saturated rings. The number of amides is 1. The predicted octanol–water partition coefficient (Wildman–Crippen LogP) is 2.78. The fourth-order valence-electron chi connectivity index (χ4n) is 4.01. The molecule has 2 aromatic heterocycles. The minimum Gasteiger partial charge on any atom is -0.353 e. The molecule has 1 aromatic carbocycles. The molecule has 7 heteroatoms. The van der Waals surface area contributed by atoms with E-state index in [4.69, 9.17) is 4.98 Å². The zero-order valence-electron chi connectivity index (χ0n) is 17.9. The summed E-state index contributed by atoms with van der Waals surface area (Å²) in [5.41, 5.74) is 4.36. The molecule has 30 heavy (non-hydrogen) atoms. The van der Waals surface area contributed by atoms with Crippen LogP contribution >= 0.6 is 0 Å². The monoisotopic (exact) mass is 404 g/mol. The molecule has 156 valence electrons. The molecule has 0 atom stereocenters. The van der Waals surface area contributed by atoms with E-state index in [2.05, 4.69) is 21.9 Å². The molecule has 1 aliphatic heterocycles. The number of carbonyl (C=O) groups excluding carboxylic acids is 1. The number of piperazine rings is 1. The van der Waals surface area contributed by atoms with Crippen LogP contribution in [0.15, 0.2) is 42.6 Å². The molecule has 0 unspecified atom stereocenters. The summed E-state index contributed by atoms with van der Waals surface area (Å²) >= 11 is 0. The Bertz CT molecular complexity index is 1020. The van der Waals surface area contributed by atoms with Crippen LogP contribution in [-0.2, 0) is 18.3 Å². The molecule has 7 nitrogen and oxygen atoms in total. The summed E-state index contributed by atoms with van der Waals surface area (Å²) in [5.74, 6) is 1.86. The van der Waals surface area contributed by atoms with E-state index in [1.807, 2.05) is 60.0 Å². The number of benzene rings is 1. The second-order valence-electron chi connectivity index (χ2n) is 7.75. The summed E-state index contributed by atoms with van der Waals surface area (Å²) < 4.78 is 1.89. The van der Waals surface area contributed by atoms with E-state index in [-0.39, 0.29) is 5.91 Å². The normalized spacial score (nSPS) is 14.2. The zero-order chi connectivity index (χ0) is 21.1. The van der Waals surface area contributed by atoms with E-state index in [1.54, 1.807) is 6.20 Å². The predicted molar refractivity (Wildman–Crippen MR) is 117 cm³/mol. The Morgan fingerprint density at radius 1 is 1.03 bits per heavy atom. The van der Waals surface area contributed by atoms with E-state index >= 15 is 0 Å². The van der Waals surface area contributed by atoms with Crippen LogP contribution in [0.3, 0.4) is 0 Å². The molecule has 1 aliphatic rings. The summed E-state index contributed by atoms with van der Waals surface area (Å²) in [4.78, 5) is 26.1. The van der Waals surface area contributed by atoms with Gasteiger partial charge < -0.3 is 9.80 Å². The maximum absolute atomic E-state index is 12.7.